The first-order valence-corrected chi connectivity index (χ1v) is 5.19. The van der Waals surface area contributed by atoms with Gasteiger partial charge in [-0.1, -0.05) is 0 Å². The van der Waals surface area contributed by atoms with E-state index in [1.54, 1.807) is 10.9 Å². The summed E-state index contributed by atoms with van der Waals surface area (Å²) in [6.45, 7) is 0. The highest BCUT2D eigenvalue weighted by molar-refractivity contribution is 9.10. The van der Waals surface area contributed by atoms with E-state index in [4.69, 9.17) is 0 Å². The van der Waals surface area contributed by atoms with Crippen molar-refractivity contribution in [2.45, 2.75) is 25.2 Å². The Morgan fingerprint density at radius 1 is 1.69 bits per heavy atom. The molecule has 0 amide bonds. The van der Waals surface area contributed by atoms with Crippen LogP contribution in [-0.4, -0.2) is 15.6 Å². The molecule has 2 rings (SSSR count). The molecule has 1 aromatic heterocycles. The first-order valence-electron chi connectivity index (χ1n) is 4.40. The summed E-state index contributed by atoms with van der Waals surface area (Å²) in [4.78, 5) is 11.5. The number of ketones is 1. The van der Waals surface area contributed by atoms with Crippen molar-refractivity contribution in [3.63, 3.8) is 0 Å². The zero-order chi connectivity index (χ0) is 9.42. The number of carbonyl (C=O) groups excluding carboxylic acids is 1. The largest absolute Gasteiger partial charge is 0.299 e. The fraction of sp³-hybridized carbons (Fsp3) is 0.556. The van der Waals surface area contributed by atoms with Crippen LogP contribution in [0.2, 0.25) is 0 Å². The van der Waals surface area contributed by atoms with Crippen molar-refractivity contribution in [1.29, 1.82) is 0 Å². The molecular formula is C9H11BrN2O. The van der Waals surface area contributed by atoms with Crippen LogP contribution in [0.15, 0.2) is 10.7 Å². The lowest BCUT2D eigenvalue weighted by Crippen LogP contribution is -2.10. The second-order valence-corrected chi connectivity index (χ2v) is 4.27. The van der Waals surface area contributed by atoms with Crippen LogP contribution in [0.3, 0.4) is 0 Å². The number of rotatable bonds is 1. The van der Waals surface area contributed by atoms with Gasteiger partial charge < -0.3 is 0 Å². The molecule has 1 aliphatic carbocycles. The number of aryl methyl sites for hydroxylation is 1. The lowest BCUT2D eigenvalue weighted by molar-refractivity contribution is -0.118. The molecule has 0 spiro atoms. The van der Waals surface area contributed by atoms with Crippen LogP contribution in [-0.2, 0) is 11.8 Å². The average Bonchev–Trinajstić information content (AvgIpc) is 2.60. The molecule has 1 unspecified atom stereocenters. The average molecular weight is 243 g/mol. The van der Waals surface area contributed by atoms with Crippen LogP contribution in [0, 0.1) is 0 Å². The van der Waals surface area contributed by atoms with Crippen LogP contribution in [0.1, 0.15) is 30.9 Å². The minimum Gasteiger partial charge on any atom is -0.299 e. The predicted octanol–water partition coefficient (Wildman–Crippen LogP) is 2.02. The maximum atomic E-state index is 11.5. The zero-order valence-corrected chi connectivity index (χ0v) is 9.04. The summed E-state index contributed by atoms with van der Waals surface area (Å²) in [5, 5.41) is 4.11. The molecule has 0 aliphatic heterocycles. The molecule has 0 bridgehead atoms. The SMILES string of the molecule is Cn1ncc(Br)c1C1CCCC1=O. The highest BCUT2D eigenvalue weighted by Crippen LogP contribution is 2.34. The van der Waals surface area contributed by atoms with Gasteiger partial charge in [0.15, 0.2) is 0 Å². The lowest BCUT2D eigenvalue weighted by Gasteiger charge is -2.08. The van der Waals surface area contributed by atoms with Gasteiger partial charge in [0.1, 0.15) is 5.78 Å². The molecule has 13 heavy (non-hydrogen) atoms. The van der Waals surface area contributed by atoms with Gasteiger partial charge in [-0.15, -0.1) is 0 Å². The van der Waals surface area contributed by atoms with Gasteiger partial charge >= 0.3 is 0 Å². The summed E-state index contributed by atoms with van der Waals surface area (Å²) >= 11 is 3.42. The summed E-state index contributed by atoms with van der Waals surface area (Å²) in [6.07, 6.45) is 4.46. The molecule has 3 nitrogen and oxygen atoms in total. The van der Waals surface area contributed by atoms with Crippen LogP contribution >= 0.6 is 15.9 Å². The van der Waals surface area contributed by atoms with Crippen molar-refractivity contribution in [2.75, 3.05) is 0 Å². The molecule has 0 saturated heterocycles. The van der Waals surface area contributed by atoms with Crippen LogP contribution in [0.5, 0.6) is 0 Å². The number of carbonyl (C=O) groups is 1. The number of aromatic nitrogens is 2. The van der Waals surface area contributed by atoms with Gasteiger partial charge in [0.2, 0.25) is 0 Å². The first-order chi connectivity index (χ1) is 6.20. The van der Waals surface area contributed by atoms with Crippen LogP contribution in [0.25, 0.3) is 0 Å². The second-order valence-electron chi connectivity index (χ2n) is 3.41. The Balaban J connectivity index is 2.39. The van der Waals surface area contributed by atoms with Gasteiger partial charge in [-0.3, -0.25) is 9.48 Å². The van der Waals surface area contributed by atoms with Crippen molar-refractivity contribution < 1.29 is 4.79 Å². The third-order valence-corrected chi connectivity index (χ3v) is 3.18. The second kappa shape index (κ2) is 3.25. The third-order valence-electron chi connectivity index (χ3n) is 2.57. The van der Waals surface area contributed by atoms with Crippen molar-refractivity contribution >= 4 is 21.7 Å². The van der Waals surface area contributed by atoms with Crippen LogP contribution in [0.4, 0.5) is 0 Å². The molecule has 4 heteroatoms. The summed E-state index contributed by atoms with van der Waals surface area (Å²) < 4.78 is 2.74. The molecule has 1 saturated carbocycles. The Bertz CT molecular complexity index is 326. The van der Waals surface area contributed by atoms with E-state index >= 15 is 0 Å². The summed E-state index contributed by atoms with van der Waals surface area (Å²) in [5.74, 6) is 0.422. The van der Waals surface area contributed by atoms with E-state index in [0.717, 1.165) is 29.4 Å². The number of hydrogen-bond acceptors (Lipinski definition) is 2. The first kappa shape index (κ1) is 8.94. The van der Waals surface area contributed by atoms with E-state index in [-0.39, 0.29) is 5.92 Å². The molecule has 70 valence electrons. The maximum absolute atomic E-state index is 11.5. The standard InChI is InChI=1S/C9H11BrN2O/c1-12-9(7(10)5-11-12)6-3-2-4-8(6)13/h5-6H,2-4H2,1H3. The van der Waals surface area contributed by atoms with Gasteiger partial charge in [0.25, 0.3) is 0 Å². The quantitative estimate of drug-likeness (QED) is 0.756. The molecule has 0 aromatic carbocycles. The highest BCUT2D eigenvalue weighted by atomic mass is 79.9. The highest BCUT2D eigenvalue weighted by Gasteiger charge is 2.29. The number of hydrogen-bond donors (Lipinski definition) is 0. The van der Waals surface area contributed by atoms with Gasteiger partial charge in [-0.25, -0.2) is 0 Å². The number of Topliss-reactive ketones (excluding diaryl/α,β-unsaturated/α-hetero) is 1. The van der Waals surface area contributed by atoms with E-state index in [9.17, 15) is 4.79 Å². The maximum Gasteiger partial charge on any atom is 0.141 e. The van der Waals surface area contributed by atoms with E-state index < -0.39 is 0 Å². The van der Waals surface area contributed by atoms with Crippen LogP contribution < -0.4 is 0 Å². The minimum atomic E-state index is 0.0712. The number of halogens is 1. The molecule has 1 aromatic rings. The third kappa shape index (κ3) is 1.43. The molecule has 0 radical (unpaired) electrons. The molecule has 1 heterocycles. The van der Waals surface area contributed by atoms with Gasteiger partial charge in [0, 0.05) is 13.5 Å². The van der Waals surface area contributed by atoms with Crippen molar-refractivity contribution in [3.8, 4) is 0 Å². The molecular weight excluding hydrogens is 232 g/mol. The zero-order valence-electron chi connectivity index (χ0n) is 7.46. The Hall–Kier alpha value is -0.640. The molecule has 1 aliphatic rings. The Kier molecular flexibility index (Phi) is 2.24. The molecule has 1 atom stereocenters. The van der Waals surface area contributed by atoms with E-state index in [1.807, 2.05) is 7.05 Å². The molecule has 1 fully saturated rings. The summed E-state index contributed by atoms with van der Waals surface area (Å²) in [6, 6.07) is 0. The number of nitrogens with zero attached hydrogens (tertiary/aromatic N) is 2. The Morgan fingerprint density at radius 2 is 2.46 bits per heavy atom. The normalized spacial score (nSPS) is 22.6. The Labute approximate surface area is 85.3 Å². The van der Waals surface area contributed by atoms with E-state index in [0.29, 0.717) is 5.78 Å². The van der Waals surface area contributed by atoms with E-state index in [1.165, 1.54) is 0 Å². The lowest BCUT2D eigenvalue weighted by atomic mass is 10.0. The molecule has 0 N–H and O–H groups in total. The van der Waals surface area contributed by atoms with Crippen molar-refractivity contribution in [3.05, 3.63) is 16.4 Å². The van der Waals surface area contributed by atoms with Gasteiger partial charge in [0.05, 0.1) is 22.3 Å². The predicted molar refractivity (Wildman–Crippen MR) is 52.5 cm³/mol. The smallest absolute Gasteiger partial charge is 0.141 e. The minimum absolute atomic E-state index is 0.0712. The summed E-state index contributed by atoms with van der Waals surface area (Å²) in [7, 11) is 1.88. The monoisotopic (exact) mass is 242 g/mol. The van der Waals surface area contributed by atoms with Gasteiger partial charge in [-0.05, 0) is 28.8 Å². The van der Waals surface area contributed by atoms with Crippen molar-refractivity contribution in [2.24, 2.45) is 7.05 Å². The van der Waals surface area contributed by atoms with E-state index in [2.05, 4.69) is 21.0 Å². The fourth-order valence-electron chi connectivity index (χ4n) is 1.92. The summed E-state index contributed by atoms with van der Waals surface area (Å²) in [5.41, 5.74) is 1.03. The van der Waals surface area contributed by atoms with Crippen molar-refractivity contribution in [1.82, 2.24) is 9.78 Å². The van der Waals surface area contributed by atoms with Gasteiger partial charge in [-0.2, -0.15) is 5.10 Å². The fourth-order valence-corrected chi connectivity index (χ4v) is 2.54. The Morgan fingerprint density at radius 3 is 2.92 bits per heavy atom. The topological polar surface area (TPSA) is 34.9 Å².